The molecule has 0 spiro atoms. The first-order valence-corrected chi connectivity index (χ1v) is 6.26. The molecule has 19 heavy (non-hydrogen) atoms. The summed E-state index contributed by atoms with van der Waals surface area (Å²) in [6.07, 6.45) is 3.16. The van der Waals surface area contributed by atoms with Crippen molar-refractivity contribution in [1.82, 2.24) is 0 Å². The molecular weight excluding hydrogens is 248 g/mol. The number of esters is 1. The van der Waals surface area contributed by atoms with Gasteiger partial charge in [-0.1, -0.05) is 33.4 Å². The van der Waals surface area contributed by atoms with Crippen molar-refractivity contribution in [3.05, 3.63) is 24.5 Å². The summed E-state index contributed by atoms with van der Waals surface area (Å²) in [7, 11) is 0. The summed E-state index contributed by atoms with van der Waals surface area (Å²) in [5, 5.41) is 9.45. The Morgan fingerprint density at radius 3 is 2.58 bits per heavy atom. The Hall–Kier alpha value is -1.33. The maximum atomic E-state index is 11.4. The number of carbonyl (C=O) groups is 1. The molecule has 5 nitrogen and oxygen atoms in total. The van der Waals surface area contributed by atoms with Gasteiger partial charge in [0, 0.05) is 6.08 Å². The first-order chi connectivity index (χ1) is 8.76. The lowest BCUT2D eigenvalue weighted by Crippen LogP contribution is -2.23. The molecule has 1 N–H and O–H groups in total. The van der Waals surface area contributed by atoms with Crippen LogP contribution in [-0.2, 0) is 19.3 Å². The van der Waals surface area contributed by atoms with Crippen LogP contribution in [0.25, 0.3) is 0 Å². The van der Waals surface area contributed by atoms with Gasteiger partial charge in [0.2, 0.25) is 0 Å². The molecule has 0 heterocycles. The van der Waals surface area contributed by atoms with Gasteiger partial charge in [0.1, 0.15) is 25.1 Å². The number of aliphatic hydroxyl groups excluding tert-OH is 1. The van der Waals surface area contributed by atoms with Gasteiger partial charge in [-0.15, -0.1) is 0 Å². The van der Waals surface area contributed by atoms with E-state index in [0.717, 1.165) is 6.42 Å². The van der Waals surface area contributed by atoms with Crippen LogP contribution in [-0.4, -0.2) is 30.4 Å². The number of hydrogen-bond donors (Lipinski definition) is 1. The largest absolute Gasteiger partial charge is 0.460 e. The Morgan fingerprint density at radius 1 is 1.42 bits per heavy atom. The molecule has 0 fully saturated rings. The van der Waals surface area contributed by atoms with Crippen LogP contribution in [0.3, 0.4) is 0 Å². The Kier molecular flexibility index (Phi) is 8.11. The average Bonchev–Trinajstić information content (AvgIpc) is 2.33. The van der Waals surface area contributed by atoms with Crippen LogP contribution in [0.4, 0.5) is 0 Å². The highest BCUT2D eigenvalue weighted by Gasteiger charge is 2.12. The third-order valence-electron chi connectivity index (χ3n) is 2.46. The van der Waals surface area contributed by atoms with Gasteiger partial charge in [-0.2, -0.15) is 4.89 Å². The lowest BCUT2D eigenvalue weighted by atomic mass is 9.90. The van der Waals surface area contributed by atoms with Crippen molar-refractivity contribution in [3.63, 3.8) is 0 Å². The summed E-state index contributed by atoms with van der Waals surface area (Å²) in [5.74, 6) is -0.102. The minimum Gasteiger partial charge on any atom is -0.460 e. The molecule has 0 aromatic carbocycles. The van der Waals surface area contributed by atoms with Crippen molar-refractivity contribution in [2.75, 3.05) is 13.2 Å². The first-order valence-electron chi connectivity index (χ1n) is 6.26. The Balaban J connectivity index is 3.87. The lowest BCUT2D eigenvalue weighted by Gasteiger charge is -2.16. The highest BCUT2D eigenvalue weighted by molar-refractivity contribution is 5.82. The van der Waals surface area contributed by atoms with E-state index in [4.69, 9.17) is 4.74 Å². The third kappa shape index (κ3) is 10.3. The third-order valence-corrected chi connectivity index (χ3v) is 2.46. The van der Waals surface area contributed by atoms with Crippen molar-refractivity contribution in [1.29, 1.82) is 0 Å². The number of allylic oxidation sites excluding steroid dienone is 2. The van der Waals surface area contributed by atoms with Crippen LogP contribution in [0.15, 0.2) is 24.5 Å². The number of aliphatic hydroxyl groups is 1. The Morgan fingerprint density at radius 2 is 2.05 bits per heavy atom. The number of ether oxygens (including phenoxy) is 1. The maximum absolute atomic E-state index is 11.4. The summed E-state index contributed by atoms with van der Waals surface area (Å²) < 4.78 is 4.87. The second kappa shape index (κ2) is 8.72. The van der Waals surface area contributed by atoms with Gasteiger partial charge in [0.05, 0.1) is 0 Å². The zero-order valence-corrected chi connectivity index (χ0v) is 12.1. The fourth-order valence-electron chi connectivity index (χ4n) is 0.899. The molecule has 0 aliphatic carbocycles. The van der Waals surface area contributed by atoms with E-state index in [-0.39, 0.29) is 18.6 Å². The van der Waals surface area contributed by atoms with E-state index in [1.165, 1.54) is 6.08 Å². The van der Waals surface area contributed by atoms with Gasteiger partial charge in [0.15, 0.2) is 0 Å². The molecule has 0 aromatic heterocycles. The van der Waals surface area contributed by atoms with Crippen molar-refractivity contribution in [2.45, 2.75) is 40.2 Å². The predicted octanol–water partition coefficient (Wildman–Crippen LogP) is 2.36. The molecule has 0 bridgehead atoms. The quantitative estimate of drug-likeness (QED) is 0.229. The highest BCUT2D eigenvalue weighted by atomic mass is 17.2. The monoisotopic (exact) mass is 272 g/mol. The maximum Gasteiger partial charge on any atom is 0.330 e. The fraction of sp³-hybridized carbons (Fsp3) is 0.643. The summed E-state index contributed by atoms with van der Waals surface area (Å²) in [6.45, 7) is 10.9. The molecule has 0 rings (SSSR count). The first kappa shape index (κ1) is 17.7. The van der Waals surface area contributed by atoms with E-state index in [0.29, 0.717) is 5.76 Å². The van der Waals surface area contributed by atoms with Crippen molar-refractivity contribution in [3.8, 4) is 0 Å². The van der Waals surface area contributed by atoms with E-state index >= 15 is 0 Å². The second-order valence-electron chi connectivity index (χ2n) is 5.03. The van der Waals surface area contributed by atoms with Gasteiger partial charge in [-0.3, -0.25) is 0 Å². The minimum atomic E-state index is -0.934. The topological polar surface area (TPSA) is 65.0 Å². The average molecular weight is 272 g/mol. The fourth-order valence-corrected chi connectivity index (χ4v) is 0.899. The van der Waals surface area contributed by atoms with Crippen LogP contribution >= 0.6 is 0 Å². The molecule has 110 valence electrons. The van der Waals surface area contributed by atoms with Crippen LogP contribution in [0.1, 0.15) is 34.1 Å². The molecule has 5 heteroatoms. The summed E-state index contributed by atoms with van der Waals surface area (Å²) in [5.41, 5.74) is -0.0456. The Labute approximate surface area is 114 Å². The van der Waals surface area contributed by atoms with E-state index in [9.17, 15) is 9.90 Å². The molecule has 0 aliphatic heterocycles. The molecule has 0 aliphatic rings. The van der Waals surface area contributed by atoms with Crippen molar-refractivity contribution < 1.29 is 24.4 Å². The summed E-state index contributed by atoms with van der Waals surface area (Å²) in [6, 6.07) is 0. The summed E-state index contributed by atoms with van der Waals surface area (Å²) in [4.78, 5) is 20.7. The molecule has 1 atom stereocenters. The van der Waals surface area contributed by atoms with E-state index < -0.39 is 12.1 Å². The van der Waals surface area contributed by atoms with Gasteiger partial charge in [0.25, 0.3) is 0 Å². The molecule has 0 amide bonds. The zero-order chi connectivity index (χ0) is 14.9. The zero-order valence-electron chi connectivity index (χ0n) is 12.1. The molecule has 1 unspecified atom stereocenters. The highest BCUT2D eigenvalue weighted by Crippen LogP contribution is 2.20. The van der Waals surface area contributed by atoms with Crippen LogP contribution in [0, 0.1) is 5.41 Å². The van der Waals surface area contributed by atoms with Gasteiger partial charge >= 0.3 is 5.97 Å². The smallest absolute Gasteiger partial charge is 0.330 e. The van der Waals surface area contributed by atoms with Crippen molar-refractivity contribution >= 4 is 5.97 Å². The standard InChI is InChI=1S/C14H24O5/c1-6-14(4,5)8-7-13(16)17-9-12(15)10-18-19-11(2)3/h7-8,12,15H,2,6,9-10H2,1,3-5H3/b8-7-. The van der Waals surface area contributed by atoms with E-state index in [1.807, 2.05) is 20.8 Å². The molecule has 0 saturated heterocycles. The molecule has 0 aromatic rings. The van der Waals surface area contributed by atoms with Crippen LogP contribution in [0.2, 0.25) is 0 Å². The van der Waals surface area contributed by atoms with E-state index in [2.05, 4.69) is 16.4 Å². The number of hydrogen-bond acceptors (Lipinski definition) is 5. The normalized spacial score (nSPS) is 13.3. The summed E-state index contributed by atoms with van der Waals surface area (Å²) >= 11 is 0. The SMILES string of the molecule is C=C(C)OOCC(O)COC(=O)/C=C\C(C)(C)CC. The number of carbonyl (C=O) groups excluding carboxylic acids is 1. The molecular formula is C14H24O5. The van der Waals surface area contributed by atoms with Crippen molar-refractivity contribution in [2.24, 2.45) is 5.41 Å². The Bertz CT molecular complexity index is 320. The van der Waals surface area contributed by atoms with E-state index in [1.54, 1.807) is 13.0 Å². The second-order valence-corrected chi connectivity index (χ2v) is 5.03. The minimum absolute atomic E-state index is 0.0456. The van der Waals surface area contributed by atoms with Crippen LogP contribution in [0.5, 0.6) is 0 Å². The number of rotatable bonds is 9. The van der Waals surface area contributed by atoms with Crippen LogP contribution < -0.4 is 0 Å². The van der Waals surface area contributed by atoms with Gasteiger partial charge < -0.3 is 14.7 Å². The lowest BCUT2D eigenvalue weighted by molar-refractivity contribution is -0.275. The molecule has 0 radical (unpaired) electrons. The van der Waals surface area contributed by atoms with Gasteiger partial charge in [-0.25, -0.2) is 4.79 Å². The molecule has 0 saturated carbocycles. The van der Waals surface area contributed by atoms with Gasteiger partial charge in [-0.05, 0) is 18.8 Å². The predicted molar refractivity (Wildman–Crippen MR) is 72.0 cm³/mol.